The lowest BCUT2D eigenvalue weighted by Gasteiger charge is -1.93. The Morgan fingerprint density at radius 3 is 2.78 bits per heavy atom. The highest BCUT2D eigenvalue weighted by molar-refractivity contribution is 6.30. The van der Waals surface area contributed by atoms with Gasteiger partial charge in [-0.25, -0.2) is 4.98 Å². The second-order valence-electron chi connectivity index (χ2n) is 3.78. The lowest BCUT2D eigenvalue weighted by Crippen LogP contribution is -2.03. The predicted octanol–water partition coefficient (Wildman–Crippen LogP) is 2.61. The van der Waals surface area contributed by atoms with E-state index in [-0.39, 0.29) is 5.78 Å². The zero-order valence-electron chi connectivity index (χ0n) is 9.25. The number of halogens is 1. The average molecular weight is 258 g/mol. The van der Waals surface area contributed by atoms with E-state index in [4.69, 9.17) is 11.6 Å². The van der Waals surface area contributed by atoms with Gasteiger partial charge in [-0.2, -0.15) is 0 Å². The van der Waals surface area contributed by atoms with E-state index in [2.05, 4.69) is 9.97 Å². The Kier molecular flexibility index (Phi) is 2.57. The zero-order valence-corrected chi connectivity index (χ0v) is 10.0. The zero-order chi connectivity index (χ0) is 12.5. The predicted molar refractivity (Wildman–Crippen MR) is 67.9 cm³/mol. The van der Waals surface area contributed by atoms with Gasteiger partial charge >= 0.3 is 0 Å². The van der Waals surface area contributed by atoms with Gasteiger partial charge in [0.2, 0.25) is 5.78 Å². The fraction of sp³-hybridized carbons (Fsp3) is 0. The minimum Gasteiger partial charge on any atom is -0.305 e. The number of imidazole rings is 1. The van der Waals surface area contributed by atoms with E-state index in [9.17, 15) is 4.79 Å². The Morgan fingerprint density at radius 2 is 2.00 bits per heavy atom. The molecule has 0 N–H and O–H groups in total. The SMILES string of the molecule is O=C(c1ccccn1)c1cn2cc(Cl)ccc2n1. The summed E-state index contributed by atoms with van der Waals surface area (Å²) < 4.78 is 1.72. The maximum Gasteiger partial charge on any atom is 0.231 e. The molecule has 0 spiro atoms. The van der Waals surface area contributed by atoms with Crippen molar-refractivity contribution < 1.29 is 4.79 Å². The number of hydrogen-bond acceptors (Lipinski definition) is 3. The molecule has 0 radical (unpaired) electrons. The molecule has 0 saturated heterocycles. The van der Waals surface area contributed by atoms with Crippen molar-refractivity contribution in [2.75, 3.05) is 0 Å². The van der Waals surface area contributed by atoms with E-state index in [1.807, 2.05) is 0 Å². The first-order chi connectivity index (χ1) is 8.74. The van der Waals surface area contributed by atoms with Crippen LogP contribution in [0.3, 0.4) is 0 Å². The number of rotatable bonds is 2. The van der Waals surface area contributed by atoms with E-state index in [0.717, 1.165) is 0 Å². The first-order valence-corrected chi connectivity index (χ1v) is 5.72. The number of aromatic nitrogens is 3. The number of hydrogen-bond donors (Lipinski definition) is 0. The highest BCUT2D eigenvalue weighted by atomic mass is 35.5. The van der Waals surface area contributed by atoms with Gasteiger partial charge in [0.05, 0.1) is 5.02 Å². The van der Waals surface area contributed by atoms with Gasteiger partial charge in [-0.3, -0.25) is 9.78 Å². The normalized spacial score (nSPS) is 10.7. The largest absolute Gasteiger partial charge is 0.305 e. The first-order valence-electron chi connectivity index (χ1n) is 5.34. The summed E-state index contributed by atoms with van der Waals surface area (Å²) in [5, 5.41) is 0.594. The Bertz CT molecular complexity index is 721. The molecule has 4 nitrogen and oxygen atoms in total. The van der Waals surface area contributed by atoms with E-state index >= 15 is 0 Å². The molecule has 3 aromatic rings. The van der Waals surface area contributed by atoms with Crippen molar-refractivity contribution in [1.82, 2.24) is 14.4 Å². The van der Waals surface area contributed by atoms with Gasteiger partial charge in [0.15, 0.2) is 0 Å². The van der Waals surface area contributed by atoms with Gasteiger partial charge in [0.1, 0.15) is 17.0 Å². The Morgan fingerprint density at radius 1 is 1.11 bits per heavy atom. The second kappa shape index (κ2) is 4.23. The molecular weight excluding hydrogens is 250 g/mol. The van der Waals surface area contributed by atoms with Crippen molar-refractivity contribution in [3.8, 4) is 0 Å². The molecule has 0 fully saturated rings. The number of ketones is 1. The molecule has 88 valence electrons. The third kappa shape index (κ3) is 1.87. The van der Waals surface area contributed by atoms with Crippen LogP contribution >= 0.6 is 11.6 Å². The third-order valence-corrected chi connectivity index (χ3v) is 2.77. The number of carbonyl (C=O) groups excluding carboxylic acids is 1. The molecule has 0 bridgehead atoms. The summed E-state index contributed by atoms with van der Waals surface area (Å²) in [5.74, 6) is -0.199. The van der Waals surface area contributed by atoms with Gasteiger partial charge in [-0.15, -0.1) is 0 Å². The quantitative estimate of drug-likeness (QED) is 0.663. The standard InChI is InChI=1S/C13H8ClN3O/c14-9-4-5-12-16-11(8-17(12)7-9)13(18)10-3-1-2-6-15-10/h1-8H. The van der Waals surface area contributed by atoms with Gasteiger partial charge < -0.3 is 4.40 Å². The second-order valence-corrected chi connectivity index (χ2v) is 4.22. The molecule has 0 amide bonds. The van der Waals surface area contributed by atoms with Crippen LogP contribution in [-0.4, -0.2) is 20.2 Å². The monoisotopic (exact) mass is 257 g/mol. The molecule has 3 rings (SSSR count). The summed E-state index contributed by atoms with van der Waals surface area (Å²) in [5.41, 5.74) is 1.42. The van der Waals surface area contributed by atoms with Crippen LogP contribution in [0.4, 0.5) is 0 Å². The molecule has 0 atom stereocenters. The van der Waals surface area contributed by atoms with Crippen LogP contribution in [-0.2, 0) is 0 Å². The van der Waals surface area contributed by atoms with E-state index in [1.165, 1.54) is 0 Å². The fourth-order valence-electron chi connectivity index (χ4n) is 1.70. The molecule has 18 heavy (non-hydrogen) atoms. The number of carbonyl (C=O) groups is 1. The maximum atomic E-state index is 12.1. The summed E-state index contributed by atoms with van der Waals surface area (Å²) in [6.45, 7) is 0. The highest BCUT2D eigenvalue weighted by Crippen LogP contribution is 2.13. The van der Waals surface area contributed by atoms with Crippen LogP contribution in [0, 0.1) is 0 Å². The average Bonchev–Trinajstić information content (AvgIpc) is 2.81. The fourth-order valence-corrected chi connectivity index (χ4v) is 1.87. The minimum absolute atomic E-state index is 0.199. The number of fused-ring (bicyclic) bond motifs is 1. The number of pyridine rings is 2. The molecule has 3 heterocycles. The summed E-state index contributed by atoms with van der Waals surface area (Å²) in [4.78, 5) is 20.4. The number of nitrogens with zero attached hydrogens (tertiary/aromatic N) is 3. The molecule has 0 unspecified atom stereocenters. The summed E-state index contributed by atoms with van der Waals surface area (Å²) >= 11 is 5.88. The molecular formula is C13H8ClN3O. The van der Waals surface area contributed by atoms with Crippen molar-refractivity contribution in [2.24, 2.45) is 0 Å². The Labute approximate surface area is 108 Å². The van der Waals surface area contributed by atoms with Crippen LogP contribution in [0.15, 0.2) is 48.9 Å². The molecule has 3 aromatic heterocycles. The van der Waals surface area contributed by atoms with Crippen molar-refractivity contribution in [2.45, 2.75) is 0 Å². The topological polar surface area (TPSA) is 47.3 Å². The summed E-state index contributed by atoms with van der Waals surface area (Å²) in [7, 11) is 0. The summed E-state index contributed by atoms with van der Waals surface area (Å²) in [6.07, 6.45) is 4.94. The maximum absolute atomic E-state index is 12.1. The van der Waals surface area contributed by atoms with Gasteiger partial charge in [-0.05, 0) is 24.3 Å². The first kappa shape index (κ1) is 10.9. The molecule has 0 aliphatic carbocycles. The lowest BCUT2D eigenvalue weighted by atomic mass is 10.2. The summed E-state index contributed by atoms with van der Waals surface area (Å²) in [6, 6.07) is 8.70. The van der Waals surface area contributed by atoms with Crippen LogP contribution < -0.4 is 0 Å². The van der Waals surface area contributed by atoms with Crippen molar-refractivity contribution >= 4 is 23.0 Å². The van der Waals surface area contributed by atoms with Crippen LogP contribution in [0.5, 0.6) is 0 Å². The Balaban J connectivity index is 2.07. The van der Waals surface area contributed by atoms with Crippen molar-refractivity contribution in [3.63, 3.8) is 0 Å². The van der Waals surface area contributed by atoms with Crippen molar-refractivity contribution in [1.29, 1.82) is 0 Å². The smallest absolute Gasteiger partial charge is 0.231 e. The van der Waals surface area contributed by atoms with E-state index in [1.54, 1.807) is 53.3 Å². The van der Waals surface area contributed by atoms with Crippen LogP contribution in [0.1, 0.15) is 16.2 Å². The third-order valence-electron chi connectivity index (χ3n) is 2.55. The van der Waals surface area contributed by atoms with Crippen LogP contribution in [0.2, 0.25) is 5.02 Å². The molecule has 0 saturated carbocycles. The minimum atomic E-state index is -0.199. The Hall–Kier alpha value is -2.20. The molecule has 5 heteroatoms. The van der Waals surface area contributed by atoms with Gasteiger partial charge in [-0.1, -0.05) is 17.7 Å². The molecule has 0 aliphatic rings. The van der Waals surface area contributed by atoms with Crippen molar-refractivity contribution in [3.05, 3.63) is 65.3 Å². The lowest BCUT2D eigenvalue weighted by molar-refractivity contribution is 0.103. The van der Waals surface area contributed by atoms with E-state index < -0.39 is 0 Å². The molecule has 0 aliphatic heterocycles. The highest BCUT2D eigenvalue weighted by Gasteiger charge is 2.13. The van der Waals surface area contributed by atoms with Gasteiger partial charge in [0, 0.05) is 18.6 Å². The molecule has 0 aromatic carbocycles. The van der Waals surface area contributed by atoms with Crippen LogP contribution in [0.25, 0.3) is 5.65 Å². The van der Waals surface area contributed by atoms with E-state index in [0.29, 0.717) is 22.1 Å². The van der Waals surface area contributed by atoms with Gasteiger partial charge in [0.25, 0.3) is 0 Å².